The standard InChI is InChI=1S/C16H21N/c1-4-8-16-14(3)11-13(2)12-17(16)15-9-6-5-7-10-15/h5-7,9-12,16H,4,8H2,1-3H3. The van der Waals surface area contributed by atoms with Crippen molar-refractivity contribution < 1.29 is 0 Å². The highest BCUT2D eigenvalue weighted by Gasteiger charge is 2.21. The lowest BCUT2D eigenvalue weighted by Crippen LogP contribution is -2.34. The van der Waals surface area contributed by atoms with Crippen molar-refractivity contribution in [2.75, 3.05) is 4.90 Å². The van der Waals surface area contributed by atoms with Crippen LogP contribution in [0.2, 0.25) is 0 Å². The van der Waals surface area contributed by atoms with Gasteiger partial charge in [-0.2, -0.15) is 0 Å². The number of rotatable bonds is 3. The fourth-order valence-corrected chi connectivity index (χ4v) is 2.52. The Bertz CT molecular complexity index is 428. The molecule has 1 aromatic rings. The van der Waals surface area contributed by atoms with E-state index >= 15 is 0 Å². The Hall–Kier alpha value is -1.50. The zero-order valence-electron chi connectivity index (χ0n) is 11.0. The predicted molar refractivity (Wildman–Crippen MR) is 75.1 cm³/mol. The molecule has 1 heteroatoms. The Morgan fingerprint density at radius 1 is 1.12 bits per heavy atom. The van der Waals surface area contributed by atoms with Gasteiger partial charge in [-0.25, -0.2) is 0 Å². The molecule has 1 nitrogen and oxygen atoms in total. The van der Waals surface area contributed by atoms with Gasteiger partial charge < -0.3 is 4.90 Å². The van der Waals surface area contributed by atoms with Crippen molar-refractivity contribution in [3.05, 3.63) is 53.8 Å². The Balaban J connectivity index is 2.33. The SMILES string of the molecule is CCCC1C(C)=CC(C)=CN1c1ccccc1. The second kappa shape index (κ2) is 5.22. The van der Waals surface area contributed by atoms with Gasteiger partial charge in [0.05, 0.1) is 6.04 Å². The molecule has 1 unspecified atom stereocenters. The minimum Gasteiger partial charge on any atom is -0.341 e. The van der Waals surface area contributed by atoms with Crippen LogP contribution in [0, 0.1) is 0 Å². The maximum atomic E-state index is 2.41. The average Bonchev–Trinajstić information content (AvgIpc) is 2.33. The summed E-state index contributed by atoms with van der Waals surface area (Å²) in [6.07, 6.45) is 7.00. The molecule has 0 radical (unpaired) electrons. The highest BCUT2D eigenvalue weighted by molar-refractivity contribution is 5.55. The van der Waals surface area contributed by atoms with Gasteiger partial charge >= 0.3 is 0 Å². The first-order valence-electron chi connectivity index (χ1n) is 6.42. The summed E-state index contributed by atoms with van der Waals surface area (Å²) in [5.74, 6) is 0. The number of hydrogen-bond acceptors (Lipinski definition) is 1. The summed E-state index contributed by atoms with van der Waals surface area (Å²) in [4.78, 5) is 2.41. The van der Waals surface area contributed by atoms with Crippen LogP contribution in [-0.4, -0.2) is 6.04 Å². The quantitative estimate of drug-likeness (QED) is 0.733. The van der Waals surface area contributed by atoms with Gasteiger partial charge in [0.15, 0.2) is 0 Å². The zero-order valence-corrected chi connectivity index (χ0v) is 11.0. The maximum Gasteiger partial charge on any atom is 0.0546 e. The van der Waals surface area contributed by atoms with Crippen LogP contribution >= 0.6 is 0 Å². The third kappa shape index (κ3) is 2.60. The molecule has 0 spiro atoms. The first-order valence-corrected chi connectivity index (χ1v) is 6.42. The van der Waals surface area contributed by atoms with Crippen LogP contribution < -0.4 is 4.90 Å². The second-order valence-corrected chi connectivity index (χ2v) is 4.81. The molecule has 0 bridgehead atoms. The topological polar surface area (TPSA) is 3.24 Å². The van der Waals surface area contributed by atoms with E-state index in [1.54, 1.807) is 0 Å². The Kier molecular flexibility index (Phi) is 3.68. The molecule has 1 aliphatic rings. The summed E-state index contributed by atoms with van der Waals surface area (Å²) < 4.78 is 0. The number of para-hydroxylation sites is 1. The molecular formula is C16H21N. The summed E-state index contributed by atoms with van der Waals surface area (Å²) in [6, 6.07) is 11.2. The first-order chi connectivity index (χ1) is 8.22. The highest BCUT2D eigenvalue weighted by atomic mass is 15.1. The zero-order chi connectivity index (χ0) is 12.3. The van der Waals surface area contributed by atoms with Crippen molar-refractivity contribution in [3.8, 4) is 0 Å². The van der Waals surface area contributed by atoms with Crippen molar-refractivity contribution in [1.82, 2.24) is 0 Å². The molecule has 2 rings (SSSR count). The third-order valence-electron chi connectivity index (χ3n) is 3.28. The monoisotopic (exact) mass is 227 g/mol. The van der Waals surface area contributed by atoms with Crippen molar-refractivity contribution in [2.24, 2.45) is 0 Å². The van der Waals surface area contributed by atoms with Gasteiger partial charge in [0.25, 0.3) is 0 Å². The van der Waals surface area contributed by atoms with E-state index in [-0.39, 0.29) is 0 Å². The molecule has 17 heavy (non-hydrogen) atoms. The molecule has 0 saturated heterocycles. The third-order valence-corrected chi connectivity index (χ3v) is 3.28. The average molecular weight is 227 g/mol. The van der Waals surface area contributed by atoms with Crippen molar-refractivity contribution in [2.45, 2.75) is 39.7 Å². The molecule has 1 atom stereocenters. The van der Waals surface area contributed by atoms with E-state index in [0.717, 1.165) is 0 Å². The van der Waals surface area contributed by atoms with Gasteiger partial charge in [-0.15, -0.1) is 0 Å². The first kappa shape index (κ1) is 12.0. The lowest BCUT2D eigenvalue weighted by molar-refractivity contribution is 0.643. The molecule has 0 saturated carbocycles. The lowest BCUT2D eigenvalue weighted by atomic mass is 9.96. The van der Waals surface area contributed by atoms with Crippen molar-refractivity contribution >= 4 is 5.69 Å². The molecular weight excluding hydrogens is 206 g/mol. The van der Waals surface area contributed by atoms with E-state index in [2.05, 4.69) is 68.3 Å². The van der Waals surface area contributed by atoms with Crippen molar-refractivity contribution in [1.29, 1.82) is 0 Å². The summed E-state index contributed by atoms with van der Waals surface area (Å²) in [5.41, 5.74) is 4.09. The molecule has 1 aliphatic heterocycles. The highest BCUT2D eigenvalue weighted by Crippen LogP contribution is 2.28. The Morgan fingerprint density at radius 2 is 1.82 bits per heavy atom. The molecule has 0 aromatic heterocycles. The number of nitrogens with zero attached hydrogens (tertiary/aromatic N) is 1. The molecule has 0 amide bonds. The smallest absolute Gasteiger partial charge is 0.0546 e. The summed E-state index contributed by atoms with van der Waals surface area (Å²) in [7, 11) is 0. The van der Waals surface area contributed by atoms with Crippen LogP contribution in [-0.2, 0) is 0 Å². The summed E-state index contributed by atoms with van der Waals surface area (Å²) >= 11 is 0. The number of anilines is 1. The largest absolute Gasteiger partial charge is 0.341 e. The van der Waals surface area contributed by atoms with E-state index in [1.165, 1.54) is 29.7 Å². The minimum absolute atomic E-state index is 0.520. The molecule has 0 N–H and O–H groups in total. The van der Waals surface area contributed by atoms with E-state index in [0.29, 0.717) is 6.04 Å². The van der Waals surface area contributed by atoms with Crippen LogP contribution in [0.3, 0.4) is 0 Å². The normalized spacial score (nSPS) is 19.9. The van der Waals surface area contributed by atoms with Gasteiger partial charge in [-0.3, -0.25) is 0 Å². The number of benzene rings is 1. The summed E-state index contributed by atoms with van der Waals surface area (Å²) in [5, 5.41) is 0. The van der Waals surface area contributed by atoms with E-state index in [1.807, 2.05) is 0 Å². The van der Waals surface area contributed by atoms with E-state index in [4.69, 9.17) is 0 Å². The molecule has 0 aliphatic carbocycles. The Labute approximate surface area is 104 Å². The molecule has 1 heterocycles. The van der Waals surface area contributed by atoms with Crippen molar-refractivity contribution in [3.63, 3.8) is 0 Å². The minimum atomic E-state index is 0.520. The van der Waals surface area contributed by atoms with Crippen LogP contribution in [0.5, 0.6) is 0 Å². The predicted octanol–water partition coefficient (Wildman–Crippen LogP) is 4.53. The van der Waals surface area contributed by atoms with Crippen LogP contribution in [0.1, 0.15) is 33.6 Å². The summed E-state index contributed by atoms with van der Waals surface area (Å²) in [6.45, 7) is 6.66. The van der Waals surface area contributed by atoms with Gasteiger partial charge in [-0.1, -0.05) is 43.2 Å². The molecule has 90 valence electrons. The van der Waals surface area contributed by atoms with Crippen LogP contribution in [0.25, 0.3) is 0 Å². The lowest BCUT2D eigenvalue weighted by Gasteiger charge is -2.35. The molecule has 1 aromatic carbocycles. The fourth-order valence-electron chi connectivity index (χ4n) is 2.52. The van der Waals surface area contributed by atoms with Gasteiger partial charge in [0, 0.05) is 11.9 Å². The number of hydrogen-bond donors (Lipinski definition) is 0. The second-order valence-electron chi connectivity index (χ2n) is 4.81. The van der Waals surface area contributed by atoms with Gasteiger partial charge in [0.2, 0.25) is 0 Å². The van der Waals surface area contributed by atoms with Crippen LogP contribution in [0.4, 0.5) is 5.69 Å². The molecule has 0 fully saturated rings. The fraction of sp³-hybridized carbons (Fsp3) is 0.375. The van der Waals surface area contributed by atoms with Crippen LogP contribution in [0.15, 0.2) is 53.8 Å². The number of allylic oxidation sites excluding steroid dienone is 2. The van der Waals surface area contributed by atoms with E-state index in [9.17, 15) is 0 Å². The van der Waals surface area contributed by atoms with Gasteiger partial charge in [-0.05, 0) is 38.0 Å². The maximum absolute atomic E-state index is 2.41. The van der Waals surface area contributed by atoms with Gasteiger partial charge in [0.1, 0.15) is 0 Å². The Morgan fingerprint density at radius 3 is 2.47 bits per heavy atom. The van der Waals surface area contributed by atoms with E-state index < -0.39 is 0 Å².